The van der Waals surface area contributed by atoms with E-state index < -0.39 is 17.7 Å². The van der Waals surface area contributed by atoms with Gasteiger partial charge in [-0.05, 0) is 62.6 Å². The van der Waals surface area contributed by atoms with Crippen LogP contribution in [0.2, 0.25) is 0 Å². The molecule has 1 amide bonds. The van der Waals surface area contributed by atoms with Crippen LogP contribution in [0, 0.1) is 20.8 Å². The van der Waals surface area contributed by atoms with E-state index in [0.717, 1.165) is 26.9 Å². The Bertz CT molecular complexity index is 1600. The van der Waals surface area contributed by atoms with Crippen LogP contribution in [0.1, 0.15) is 40.8 Å². The number of Topliss-reactive ketones (excluding diaryl/α,β-unsaturated/α-hetero) is 1. The number of carbonyl (C=O) groups excluding carboxylic acids is 2. The van der Waals surface area contributed by atoms with Crippen LogP contribution in [-0.2, 0) is 9.59 Å². The predicted octanol–water partition coefficient (Wildman–Crippen LogP) is 6.26. The normalized spacial score (nSPS) is 16.9. The number of amides is 1. The Labute approximate surface area is 225 Å². The fourth-order valence-electron chi connectivity index (χ4n) is 4.80. The SMILES string of the molecule is CCOc1ccc(C2/C(=C(\O)c3ccc(C)cc3)C(=O)C(=O)N2c2nc3c(C)cc(C)cc3s2)cc1OC. The van der Waals surface area contributed by atoms with Crippen molar-refractivity contribution in [2.24, 2.45) is 0 Å². The number of thiazole rings is 1. The number of rotatable bonds is 6. The minimum atomic E-state index is -0.914. The molecule has 194 valence electrons. The highest BCUT2D eigenvalue weighted by Crippen LogP contribution is 2.46. The molecule has 1 N–H and O–H groups in total. The Kier molecular flexibility index (Phi) is 6.67. The average Bonchev–Trinajstić information content (AvgIpc) is 3.43. The van der Waals surface area contributed by atoms with Crippen LogP contribution >= 0.6 is 11.3 Å². The molecule has 38 heavy (non-hydrogen) atoms. The molecule has 0 radical (unpaired) electrons. The van der Waals surface area contributed by atoms with E-state index >= 15 is 0 Å². The quantitative estimate of drug-likeness (QED) is 0.181. The van der Waals surface area contributed by atoms with Crippen LogP contribution in [0.4, 0.5) is 5.13 Å². The number of aliphatic hydroxyl groups excluding tert-OH is 1. The number of aromatic nitrogens is 1. The molecule has 3 aromatic carbocycles. The number of aliphatic hydroxyl groups is 1. The van der Waals surface area contributed by atoms with Crippen LogP contribution in [0.3, 0.4) is 0 Å². The Hall–Kier alpha value is -4.17. The van der Waals surface area contributed by atoms with Gasteiger partial charge in [-0.2, -0.15) is 0 Å². The molecular formula is C30H28N2O5S. The standard InChI is InChI=1S/C30H28N2O5S/c1-6-37-21-12-11-20(15-22(21)36-5)26-24(27(33)19-9-7-16(2)8-10-19)28(34)29(35)32(26)30-31-25-18(4)13-17(3)14-23(25)38-30/h7-15,26,33H,6H2,1-5H3/b27-24+. The van der Waals surface area contributed by atoms with Crippen molar-refractivity contribution in [1.29, 1.82) is 0 Å². The van der Waals surface area contributed by atoms with Gasteiger partial charge < -0.3 is 14.6 Å². The van der Waals surface area contributed by atoms with Crippen molar-refractivity contribution in [3.8, 4) is 11.5 Å². The van der Waals surface area contributed by atoms with Crippen LogP contribution in [0.25, 0.3) is 16.0 Å². The van der Waals surface area contributed by atoms with E-state index in [9.17, 15) is 14.7 Å². The number of benzene rings is 3. The largest absolute Gasteiger partial charge is 0.507 e. The van der Waals surface area contributed by atoms with E-state index in [0.29, 0.717) is 34.4 Å². The molecule has 1 aliphatic heterocycles. The second-order valence-corrected chi connectivity index (χ2v) is 10.3. The number of hydrogen-bond acceptors (Lipinski definition) is 7. The van der Waals surface area contributed by atoms with Gasteiger partial charge in [0, 0.05) is 5.56 Å². The summed E-state index contributed by atoms with van der Waals surface area (Å²) in [5.41, 5.74) is 4.89. The first-order valence-corrected chi connectivity index (χ1v) is 13.1. The summed E-state index contributed by atoms with van der Waals surface area (Å²) in [5.74, 6) is -0.753. The molecule has 1 aliphatic rings. The van der Waals surface area contributed by atoms with Crippen LogP contribution in [-0.4, -0.2) is 35.5 Å². The molecule has 0 aliphatic carbocycles. The lowest BCUT2D eigenvalue weighted by molar-refractivity contribution is -0.132. The number of fused-ring (bicyclic) bond motifs is 1. The van der Waals surface area contributed by atoms with Gasteiger partial charge in [-0.15, -0.1) is 0 Å². The number of ether oxygens (including phenoxy) is 2. The van der Waals surface area contributed by atoms with Crippen molar-refractivity contribution in [2.75, 3.05) is 18.6 Å². The van der Waals surface area contributed by atoms with Crippen molar-refractivity contribution in [3.05, 3.63) is 88.0 Å². The summed E-state index contributed by atoms with van der Waals surface area (Å²) in [5, 5.41) is 11.8. The third-order valence-corrected chi connectivity index (χ3v) is 7.60. The zero-order valence-corrected chi connectivity index (χ0v) is 22.7. The second-order valence-electron chi connectivity index (χ2n) is 9.30. The molecule has 2 heterocycles. The fraction of sp³-hybridized carbons (Fsp3) is 0.233. The first-order chi connectivity index (χ1) is 18.2. The van der Waals surface area contributed by atoms with Gasteiger partial charge in [-0.3, -0.25) is 14.5 Å². The Morgan fingerprint density at radius 2 is 1.74 bits per heavy atom. The van der Waals surface area contributed by atoms with Gasteiger partial charge in [-0.1, -0.05) is 53.3 Å². The van der Waals surface area contributed by atoms with E-state index in [1.807, 2.05) is 52.0 Å². The number of hydrogen-bond donors (Lipinski definition) is 1. The highest BCUT2D eigenvalue weighted by atomic mass is 32.1. The Morgan fingerprint density at radius 3 is 2.42 bits per heavy atom. The summed E-state index contributed by atoms with van der Waals surface area (Å²) >= 11 is 1.34. The van der Waals surface area contributed by atoms with Crippen molar-refractivity contribution >= 4 is 44.1 Å². The maximum atomic E-state index is 13.6. The molecule has 4 aromatic rings. The number of carbonyl (C=O) groups is 2. The minimum Gasteiger partial charge on any atom is -0.507 e. The first-order valence-electron chi connectivity index (χ1n) is 12.3. The third kappa shape index (κ3) is 4.31. The van der Waals surface area contributed by atoms with Gasteiger partial charge in [0.2, 0.25) is 0 Å². The summed E-state index contributed by atoms with van der Waals surface area (Å²) < 4.78 is 12.1. The van der Waals surface area contributed by atoms with E-state index in [1.54, 1.807) is 30.3 Å². The summed E-state index contributed by atoms with van der Waals surface area (Å²) in [7, 11) is 1.53. The summed E-state index contributed by atoms with van der Waals surface area (Å²) in [6.07, 6.45) is 0. The van der Waals surface area contributed by atoms with Gasteiger partial charge in [0.05, 0.1) is 35.5 Å². The minimum absolute atomic E-state index is 0.00257. The number of anilines is 1. The first kappa shape index (κ1) is 25.5. The third-order valence-electron chi connectivity index (χ3n) is 6.60. The number of ketones is 1. The predicted molar refractivity (Wildman–Crippen MR) is 149 cm³/mol. The topological polar surface area (TPSA) is 89.0 Å². The fourth-order valence-corrected chi connectivity index (χ4v) is 5.97. The van der Waals surface area contributed by atoms with E-state index in [2.05, 4.69) is 0 Å². The highest BCUT2D eigenvalue weighted by molar-refractivity contribution is 7.22. The molecule has 0 bridgehead atoms. The lowest BCUT2D eigenvalue weighted by Gasteiger charge is -2.24. The molecule has 1 saturated heterocycles. The Balaban J connectivity index is 1.75. The second kappa shape index (κ2) is 9.95. The summed E-state index contributed by atoms with van der Waals surface area (Å²) in [4.78, 5) is 33.3. The Morgan fingerprint density at radius 1 is 1.00 bits per heavy atom. The molecule has 1 aromatic heterocycles. The molecule has 7 nitrogen and oxygen atoms in total. The summed E-state index contributed by atoms with van der Waals surface area (Å²) in [6, 6.07) is 15.6. The van der Waals surface area contributed by atoms with Gasteiger partial charge >= 0.3 is 5.91 Å². The maximum Gasteiger partial charge on any atom is 0.301 e. The number of nitrogens with zero attached hydrogens (tertiary/aromatic N) is 2. The van der Waals surface area contributed by atoms with E-state index in [-0.39, 0.29) is 11.3 Å². The van der Waals surface area contributed by atoms with Gasteiger partial charge in [0.15, 0.2) is 16.6 Å². The van der Waals surface area contributed by atoms with Crippen LogP contribution in [0.15, 0.2) is 60.2 Å². The molecular weight excluding hydrogens is 500 g/mol. The lowest BCUT2D eigenvalue weighted by Crippen LogP contribution is -2.29. The van der Waals surface area contributed by atoms with Crippen molar-refractivity contribution in [1.82, 2.24) is 4.98 Å². The van der Waals surface area contributed by atoms with Gasteiger partial charge in [0.1, 0.15) is 5.76 Å². The molecule has 5 rings (SSSR count). The molecule has 0 spiro atoms. The smallest absolute Gasteiger partial charge is 0.301 e. The molecule has 1 fully saturated rings. The average molecular weight is 529 g/mol. The van der Waals surface area contributed by atoms with E-state index in [4.69, 9.17) is 14.5 Å². The van der Waals surface area contributed by atoms with Crippen molar-refractivity contribution in [2.45, 2.75) is 33.7 Å². The number of aryl methyl sites for hydroxylation is 3. The van der Waals surface area contributed by atoms with E-state index in [1.165, 1.54) is 23.3 Å². The van der Waals surface area contributed by atoms with Gasteiger partial charge in [0.25, 0.3) is 5.78 Å². The monoisotopic (exact) mass is 528 g/mol. The maximum absolute atomic E-state index is 13.6. The summed E-state index contributed by atoms with van der Waals surface area (Å²) in [6.45, 7) is 8.24. The van der Waals surface area contributed by atoms with Crippen LogP contribution < -0.4 is 14.4 Å². The van der Waals surface area contributed by atoms with Gasteiger partial charge in [-0.25, -0.2) is 4.98 Å². The molecule has 1 unspecified atom stereocenters. The zero-order chi connectivity index (χ0) is 27.1. The highest BCUT2D eigenvalue weighted by Gasteiger charge is 2.48. The zero-order valence-electron chi connectivity index (χ0n) is 21.9. The molecule has 0 saturated carbocycles. The molecule has 8 heteroatoms. The van der Waals surface area contributed by atoms with Crippen molar-refractivity contribution < 1.29 is 24.2 Å². The molecule has 1 atom stereocenters. The van der Waals surface area contributed by atoms with Crippen molar-refractivity contribution in [3.63, 3.8) is 0 Å². The lowest BCUT2D eigenvalue weighted by atomic mass is 9.95. The van der Waals surface area contributed by atoms with Crippen LogP contribution in [0.5, 0.6) is 11.5 Å². The number of methoxy groups -OCH3 is 1.